The summed E-state index contributed by atoms with van der Waals surface area (Å²) in [5.41, 5.74) is 0. The first kappa shape index (κ1) is 16.3. The van der Waals surface area contributed by atoms with Gasteiger partial charge in [-0.2, -0.15) is 13.2 Å². The number of nitrogens with zero attached hydrogens (tertiary/aromatic N) is 1. The third-order valence-electron chi connectivity index (χ3n) is 3.31. The van der Waals surface area contributed by atoms with Gasteiger partial charge in [0.2, 0.25) is 5.91 Å². The number of alkyl halides is 3. The number of halogens is 3. The largest absolute Gasteiger partial charge is 0.389 e. The maximum atomic E-state index is 12.1. The van der Waals surface area contributed by atoms with Crippen molar-refractivity contribution in [3.8, 4) is 0 Å². The van der Waals surface area contributed by atoms with Gasteiger partial charge in [0, 0.05) is 13.0 Å². The average molecular weight is 280 g/mol. The van der Waals surface area contributed by atoms with Crippen molar-refractivity contribution in [3.63, 3.8) is 0 Å². The van der Waals surface area contributed by atoms with Crippen LogP contribution in [0.3, 0.4) is 0 Å². The highest BCUT2D eigenvalue weighted by Gasteiger charge is 2.36. The highest BCUT2D eigenvalue weighted by Crippen LogP contribution is 2.23. The van der Waals surface area contributed by atoms with Crippen LogP contribution in [0.2, 0.25) is 0 Å². The molecule has 1 N–H and O–H groups in total. The fourth-order valence-electron chi connectivity index (χ4n) is 2.40. The molecule has 2 unspecified atom stereocenters. The van der Waals surface area contributed by atoms with Crippen LogP contribution in [-0.4, -0.2) is 35.7 Å². The standard InChI is InChI=1S/C13H23F3N2O/c1-9(2)8-11-12(19)18(10(3)17-11)7-5-4-6-13(14,15)16/h9-11,17H,4-8H2,1-3H3. The molecule has 1 amide bonds. The van der Waals surface area contributed by atoms with Crippen LogP contribution >= 0.6 is 0 Å². The molecule has 1 fully saturated rings. The zero-order valence-electron chi connectivity index (χ0n) is 11.8. The zero-order chi connectivity index (χ0) is 14.6. The molecule has 1 aliphatic rings. The van der Waals surface area contributed by atoms with Crippen LogP contribution in [0.4, 0.5) is 13.2 Å². The fraction of sp³-hybridized carbons (Fsp3) is 0.923. The number of hydrogen-bond acceptors (Lipinski definition) is 2. The van der Waals surface area contributed by atoms with E-state index in [-0.39, 0.29) is 24.5 Å². The normalized spacial score (nSPS) is 24.6. The molecule has 19 heavy (non-hydrogen) atoms. The van der Waals surface area contributed by atoms with Gasteiger partial charge in [-0.25, -0.2) is 0 Å². The molecule has 1 aliphatic heterocycles. The highest BCUT2D eigenvalue weighted by molar-refractivity contribution is 5.84. The monoisotopic (exact) mass is 280 g/mol. The average Bonchev–Trinajstić information content (AvgIpc) is 2.48. The SMILES string of the molecule is CC(C)CC1NC(C)N(CCCCC(F)(F)F)C1=O. The molecule has 0 saturated carbocycles. The molecule has 3 nitrogen and oxygen atoms in total. The summed E-state index contributed by atoms with van der Waals surface area (Å²) in [6.45, 7) is 6.37. The van der Waals surface area contributed by atoms with E-state index in [2.05, 4.69) is 5.32 Å². The van der Waals surface area contributed by atoms with Gasteiger partial charge in [-0.3, -0.25) is 10.1 Å². The molecule has 0 aromatic carbocycles. The number of unbranched alkanes of at least 4 members (excludes halogenated alkanes) is 1. The molecule has 6 heteroatoms. The summed E-state index contributed by atoms with van der Waals surface area (Å²) in [6, 6.07) is -0.183. The van der Waals surface area contributed by atoms with Crippen molar-refractivity contribution in [1.29, 1.82) is 0 Å². The molecule has 0 aliphatic carbocycles. The van der Waals surface area contributed by atoms with Crippen molar-refractivity contribution in [3.05, 3.63) is 0 Å². The molecule has 0 radical (unpaired) electrons. The lowest BCUT2D eigenvalue weighted by Crippen LogP contribution is -2.35. The third kappa shape index (κ3) is 5.38. The number of rotatable bonds is 6. The topological polar surface area (TPSA) is 32.3 Å². The number of carbonyl (C=O) groups excluding carboxylic acids is 1. The molecular weight excluding hydrogens is 257 g/mol. The Morgan fingerprint density at radius 1 is 1.32 bits per heavy atom. The molecular formula is C13H23F3N2O. The quantitative estimate of drug-likeness (QED) is 0.759. The van der Waals surface area contributed by atoms with E-state index >= 15 is 0 Å². The summed E-state index contributed by atoms with van der Waals surface area (Å²) in [4.78, 5) is 13.7. The number of carbonyl (C=O) groups is 1. The fourth-order valence-corrected chi connectivity index (χ4v) is 2.40. The van der Waals surface area contributed by atoms with Crippen molar-refractivity contribution in [1.82, 2.24) is 10.2 Å². The van der Waals surface area contributed by atoms with Crippen molar-refractivity contribution < 1.29 is 18.0 Å². The van der Waals surface area contributed by atoms with Crippen LogP contribution in [0.15, 0.2) is 0 Å². The molecule has 0 aromatic heterocycles. The van der Waals surface area contributed by atoms with E-state index in [9.17, 15) is 18.0 Å². The summed E-state index contributed by atoms with van der Waals surface area (Å²) in [5.74, 6) is 0.437. The molecule has 2 atom stereocenters. The predicted octanol–water partition coefficient (Wildman–Crippen LogP) is 2.91. The minimum atomic E-state index is -4.10. The Kier molecular flexibility index (Phi) is 5.64. The number of hydrogen-bond donors (Lipinski definition) is 1. The lowest BCUT2D eigenvalue weighted by molar-refractivity contribution is -0.136. The third-order valence-corrected chi connectivity index (χ3v) is 3.31. The van der Waals surface area contributed by atoms with Gasteiger partial charge in [0.05, 0.1) is 12.2 Å². The molecule has 1 heterocycles. The van der Waals surface area contributed by atoms with Gasteiger partial charge in [0.1, 0.15) is 0 Å². The van der Waals surface area contributed by atoms with Gasteiger partial charge in [0.15, 0.2) is 0 Å². The summed E-state index contributed by atoms with van der Waals surface area (Å²) in [5, 5.41) is 3.20. The van der Waals surface area contributed by atoms with E-state index in [1.165, 1.54) is 0 Å². The van der Waals surface area contributed by atoms with Gasteiger partial charge in [-0.15, -0.1) is 0 Å². The van der Waals surface area contributed by atoms with Crippen LogP contribution in [0, 0.1) is 5.92 Å². The maximum absolute atomic E-state index is 12.1. The smallest absolute Gasteiger partial charge is 0.326 e. The summed E-state index contributed by atoms with van der Waals surface area (Å²) in [7, 11) is 0. The summed E-state index contributed by atoms with van der Waals surface area (Å²) >= 11 is 0. The molecule has 1 saturated heterocycles. The second-order valence-electron chi connectivity index (χ2n) is 5.63. The van der Waals surface area contributed by atoms with Crippen LogP contribution in [0.5, 0.6) is 0 Å². The Morgan fingerprint density at radius 3 is 2.47 bits per heavy atom. The van der Waals surface area contributed by atoms with E-state index in [0.29, 0.717) is 18.9 Å². The molecule has 0 bridgehead atoms. The second-order valence-corrected chi connectivity index (χ2v) is 5.63. The lowest BCUT2D eigenvalue weighted by Gasteiger charge is -2.20. The summed E-state index contributed by atoms with van der Waals surface area (Å²) < 4.78 is 36.1. The van der Waals surface area contributed by atoms with Gasteiger partial charge < -0.3 is 4.90 Å². The van der Waals surface area contributed by atoms with E-state index in [1.807, 2.05) is 20.8 Å². The molecule has 112 valence electrons. The Morgan fingerprint density at radius 2 is 1.95 bits per heavy atom. The maximum Gasteiger partial charge on any atom is 0.389 e. The van der Waals surface area contributed by atoms with Gasteiger partial charge in [-0.1, -0.05) is 13.8 Å². The minimum Gasteiger partial charge on any atom is -0.326 e. The highest BCUT2D eigenvalue weighted by atomic mass is 19.4. The molecule has 1 rings (SSSR count). The van der Waals surface area contributed by atoms with Gasteiger partial charge >= 0.3 is 6.18 Å². The predicted molar refractivity (Wildman–Crippen MR) is 67.5 cm³/mol. The van der Waals surface area contributed by atoms with Crippen molar-refractivity contribution in [2.24, 2.45) is 5.92 Å². The molecule has 0 aromatic rings. The Balaban J connectivity index is 2.35. The first-order valence-electron chi connectivity index (χ1n) is 6.84. The van der Waals surface area contributed by atoms with Crippen LogP contribution in [0.1, 0.15) is 46.5 Å². The van der Waals surface area contributed by atoms with E-state index in [4.69, 9.17) is 0 Å². The zero-order valence-corrected chi connectivity index (χ0v) is 11.8. The number of amides is 1. The van der Waals surface area contributed by atoms with E-state index < -0.39 is 12.6 Å². The summed E-state index contributed by atoms with van der Waals surface area (Å²) in [6.07, 6.45) is -3.71. The van der Waals surface area contributed by atoms with Crippen LogP contribution < -0.4 is 5.32 Å². The van der Waals surface area contributed by atoms with Gasteiger partial charge in [0.25, 0.3) is 0 Å². The Bertz CT molecular complexity index is 305. The van der Waals surface area contributed by atoms with E-state index in [1.54, 1.807) is 4.90 Å². The first-order valence-corrected chi connectivity index (χ1v) is 6.84. The second kappa shape index (κ2) is 6.59. The lowest BCUT2D eigenvalue weighted by atomic mass is 10.0. The van der Waals surface area contributed by atoms with Crippen molar-refractivity contribution >= 4 is 5.91 Å². The van der Waals surface area contributed by atoms with Crippen LogP contribution in [-0.2, 0) is 4.79 Å². The minimum absolute atomic E-state index is 0.0215. The first-order chi connectivity index (χ1) is 8.70. The molecule has 0 spiro atoms. The van der Waals surface area contributed by atoms with Crippen molar-refractivity contribution in [2.45, 2.75) is 64.8 Å². The Labute approximate surface area is 112 Å². The van der Waals surface area contributed by atoms with Crippen molar-refractivity contribution in [2.75, 3.05) is 6.54 Å². The van der Waals surface area contributed by atoms with Crippen LogP contribution in [0.25, 0.3) is 0 Å². The van der Waals surface area contributed by atoms with Gasteiger partial charge in [-0.05, 0) is 32.1 Å². The Hall–Kier alpha value is -0.780. The van der Waals surface area contributed by atoms with E-state index in [0.717, 1.165) is 6.42 Å². The number of nitrogens with one attached hydrogen (secondary N) is 1.